The lowest BCUT2D eigenvalue weighted by Crippen LogP contribution is -2.40. The van der Waals surface area contributed by atoms with Crippen molar-refractivity contribution in [2.45, 2.75) is 32.6 Å². The van der Waals surface area contributed by atoms with Crippen molar-refractivity contribution < 1.29 is 19.1 Å². The Morgan fingerprint density at radius 3 is 2.52 bits per heavy atom. The minimum absolute atomic E-state index is 0.00927. The molecule has 1 saturated heterocycles. The quantitative estimate of drug-likeness (QED) is 0.728. The van der Waals surface area contributed by atoms with E-state index in [0.717, 1.165) is 11.3 Å². The van der Waals surface area contributed by atoms with Crippen LogP contribution in [0.4, 0.5) is 5.69 Å². The molecule has 1 aromatic carbocycles. The first-order valence-corrected chi connectivity index (χ1v) is 10.7. The fourth-order valence-corrected chi connectivity index (χ4v) is 4.12. The molecule has 0 saturated carbocycles. The van der Waals surface area contributed by atoms with E-state index in [4.69, 9.17) is 4.74 Å². The van der Waals surface area contributed by atoms with Gasteiger partial charge < -0.3 is 15.0 Å². The summed E-state index contributed by atoms with van der Waals surface area (Å²) in [7, 11) is 0. The standard InChI is InChI=1S/C22H26N2O4S/c1-15(2)17-6-3-4-7-18(17)23-20(25)14-28-22(27)16-9-11-24(12-10-16)21(26)19-8-5-13-29-19/h3-8,13,15-16H,9-12,14H2,1-2H3,(H,23,25). The van der Waals surface area contributed by atoms with E-state index in [1.54, 1.807) is 4.90 Å². The molecule has 1 aliphatic heterocycles. The van der Waals surface area contributed by atoms with Crippen LogP contribution >= 0.6 is 11.3 Å². The van der Waals surface area contributed by atoms with Gasteiger partial charge in [-0.05, 0) is 41.8 Å². The van der Waals surface area contributed by atoms with Crippen LogP contribution in [0, 0.1) is 5.92 Å². The summed E-state index contributed by atoms with van der Waals surface area (Å²) in [5.41, 5.74) is 1.78. The van der Waals surface area contributed by atoms with Gasteiger partial charge in [0.2, 0.25) is 0 Å². The Bertz CT molecular complexity index is 855. The number of esters is 1. The van der Waals surface area contributed by atoms with Gasteiger partial charge in [0.1, 0.15) is 0 Å². The Labute approximate surface area is 174 Å². The number of carbonyl (C=O) groups excluding carboxylic acids is 3. The molecule has 0 spiro atoms. The van der Waals surface area contributed by atoms with Gasteiger partial charge in [-0.15, -0.1) is 11.3 Å². The summed E-state index contributed by atoms with van der Waals surface area (Å²) >= 11 is 1.42. The monoisotopic (exact) mass is 414 g/mol. The normalized spacial score (nSPS) is 14.7. The molecule has 154 valence electrons. The molecule has 6 nitrogen and oxygen atoms in total. The largest absolute Gasteiger partial charge is 0.455 e. The minimum atomic E-state index is -0.375. The third-order valence-corrected chi connectivity index (χ3v) is 5.91. The predicted octanol–water partition coefficient (Wildman–Crippen LogP) is 3.91. The molecule has 1 aliphatic rings. The van der Waals surface area contributed by atoms with Crippen molar-refractivity contribution in [2.75, 3.05) is 25.0 Å². The van der Waals surface area contributed by atoms with E-state index in [2.05, 4.69) is 19.2 Å². The van der Waals surface area contributed by atoms with Crippen LogP contribution in [0.25, 0.3) is 0 Å². The van der Waals surface area contributed by atoms with E-state index in [1.807, 2.05) is 41.8 Å². The zero-order valence-corrected chi connectivity index (χ0v) is 17.5. The number of carbonyl (C=O) groups is 3. The first kappa shape index (κ1) is 21.0. The van der Waals surface area contributed by atoms with Crippen LogP contribution in [0.1, 0.15) is 47.8 Å². The second-order valence-corrected chi connectivity index (χ2v) is 8.39. The van der Waals surface area contributed by atoms with E-state index in [9.17, 15) is 14.4 Å². The third-order valence-electron chi connectivity index (χ3n) is 5.05. The number of thiophene rings is 1. The first-order chi connectivity index (χ1) is 14.0. The number of ether oxygens (including phenoxy) is 1. The molecule has 0 aliphatic carbocycles. The number of hydrogen-bond acceptors (Lipinski definition) is 5. The lowest BCUT2D eigenvalue weighted by Gasteiger charge is -2.30. The van der Waals surface area contributed by atoms with Crippen molar-refractivity contribution in [3.05, 3.63) is 52.2 Å². The van der Waals surface area contributed by atoms with Gasteiger partial charge >= 0.3 is 5.97 Å². The fourth-order valence-electron chi connectivity index (χ4n) is 3.43. The molecule has 2 heterocycles. The van der Waals surface area contributed by atoms with Gasteiger partial charge in [0.25, 0.3) is 11.8 Å². The van der Waals surface area contributed by atoms with E-state index >= 15 is 0 Å². The molecule has 1 fully saturated rings. The number of likely N-dealkylation sites (tertiary alicyclic amines) is 1. The maximum Gasteiger partial charge on any atom is 0.309 e. The summed E-state index contributed by atoms with van der Waals surface area (Å²) in [6.45, 7) is 4.84. The molecule has 2 amide bonds. The molecule has 7 heteroatoms. The zero-order valence-electron chi connectivity index (χ0n) is 16.7. The zero-order chi connectivity index (χ0) is 20.8. The second kappa shape index (κ2) is 9.69. The van der Waals surface area contributed by atoms with Crippen LogP contribution in [0.5, 0.6) is 0 Å². The van der Waals surface area contributed by atoms with Crippen molar-refractivity contribution in [1.82, 2.24) is 4.90 Å². The Hall–Kier alpha value is -2.67. The Balaban J connectivity index is 1.44. The van der Waals surface area contributed by atoms with Crippen molar-refractivity contribution in [3.63, 3.8) is 0 Å². The molecule has 0 atom stereocenters. The number of piperidine rings is 1. The molecule has 0 bridgehead atoms. The van der Waals surface area contributed by atoms with E-state index in [-0.39, 0.29) is 36.2 Å². The van der Waals surface area contributed by atoms with Crippen molar-refractivity contribution >= 4 is 34.8 Å². The maximum absolute atomic E-state index is 12.4. The number of para-hydroxylation sites is 1. The smallest absolute Gasteiger partial charge is 0.309 e. The van der Waals surface area contributed by atoms with Gasteiger partial charge in [-0.25, -0.2) is 0 Å². The van der Waals surface area contributed by atoms with E-state index in [1.165, 1.54) is 11.3 Å². The average molecular weight is 415 g/mol. The fraction of sp³-hybridized carbons (Fsp3) is 0.409. The molecule has 1 N–H and O–H groups in total. The molecule has 3 rings (SSSR count). The summed E-state index contributed by atoms with van der Waals surface area (Å²) < 4.78 is 5.23. The third kappa shape index (κ3) is 5.44. The number of hydrogen-bond donors (Lipinski definition) is 1. The number of nitrogens with one attached hydrogen (secondary N) is 1. The number of nitrogens with zero attached hydrogens (tertiary/aromatic N) is 1. The molecular formula is C22H26N2O4S. The highest BCUT2D eigenvalue weighted by Crippen LogP contribution is 2.24. The molecule has 0 radical (unpaired) electrons. The first-order valence-electron chi connectivity index (χ1n) is 9.84. The highest BCUT2D eigenvalue weighted by atomic mass is 32.1. The van der Waals surface area contributed by atoms with Crippen LogP contribution in [0.2, 0.25) is 0 Å². The topological polar surface area (TPSA) is 75.7 Å². The number of benzene rings is 1. The Morgan fingerprint density at radius 1 is 1.14 bits per heavy atom. The minimum Gasteiger partial charge on any atom is -0.455 e. The van der Waals surface area contributed by atoms with Gasteiger partial charge in [0.15, 0.2) is 6.61 Å². The highest BCUT2D eigenvalue weighted by Gasteiger charge is 2.29. The van der Waals surface area contributed by atoms with Crippen molar-refractivity contribution in [1.29, 1.82) is 0 Å². The SMILES string of the molecule is CC(C)c1ccccc1NC(=O)COC(=O)C1CCN(C(=O)c2cccs2)CC1. The van der Waals surface area contributed by atoms with Crippen LogP contribution in [0.15, 0.2) is 41.8 Å². The predicted molar refractivity (Wildman–Crippen MR) is 113 cm³/mol. The molecule has 0 unspecified atom stereocenters. The summed E-state index contributed by atoms with van der Waals surface area (Å²) in [6.07, 6.45) is 1.10. The van der Waals surface area contributed by atoms with Crippen LogP contribution in [-0.4, -0.2) is 42.4 Å². The van der Waals surface area contributed by atoms with Gasteiger partial charge in [0, 0.05) is 18.8 Å². The lowest BCUT2D eigenvalue weighted by molar-refractivity contribution is -0.152. The maximum atomic E-state index is 12.4. The van der Waals surface area contributed by atoms with Gasteiger partial charge in [-0.2, -0.15) is 0 Å². The van der Waals surface area contributed by atoms with Crippen molar-refractivity contribution in [3.8, 4) is 0 Å². The molecule has 2 aromatic rings. The number of anilines is 1. The molecule has 1 aromatic heterocycles. The second-order valence-electron chi connectivity index (χ2n) is 7.44. The summed E-state index contributed by atoms with van der Waals surface area (Å²) in [5, 5.41) is 4.70. The van der Waals surface area contributed by atoms with E-state index in [0.29, 0.717) is 30.8 Å². The number of amides is 2. The van der Waals surface area contributed by atoms with Crippen LogP contribution in [0.3, 0.4) is 0 Å². The Morgan fingerprint density at radius 2 is 1.86 bits per heavy atom. The Kier molecular flexibility index (Phi) is 7.04. The van der Waals surface area contributed by atoms with Crippen LogP contribution in [-0.2, 0) is 14.3 Å². The highest BCUT2D eigenvalue weighted by molar-refractivity contribution is 7.12. The van der Waals surface area contributed by atoms with E-state index < -0.39 is 0 Å². The lowest BCUT2D eigenvalue weighted by atomic mass is 9.97. The molecule has 29 heavy (non-hydrogen) atoms. The van der Waals surface area contributed by atoms with Gasteiger partial charge in [-0.3, -0.25) is 14.4 Å². The molecular weight excluding hydrogens is 388 g/mol. The number of rotatable bonds is 6. The average Bonchev–Trinajstić information content (AvgIpc) is 3.27. The van der Waals surface area contributed by atoms with Gasteiger partial charge in [0.05, 0.1) is 10.8 Å². The summed E-state index contributed by atoms with van der Waals surface area (Å²) in [6, 6.07) is 11.3. The summed E-state index contributed by atoms with van der Waals surface area (Å²) in [4.78, 5) is 39.4. The van der Waals surface area contributed by atoms with Gasteiger partial charge in [-0.1, -0.05) is 38.1 Å². The van der Waals surface area contributed by atoms with Crippen LogP contribution < -0.4 is 5.32 Å². The van der Waals surface area contributed by atoms with Crippen molar-refractivity contribution in [2.24, 2.45) is 5.92 Å². The summed E-state index contributed by atoms with van der Waals surface area (Å²) in [5.74, 6) is -0.721.